The van der Waals surface area contributed by atoms with E-state index in [0.29, 0.717) is 18.1 Å². The molecule has 2 bridgehead atoms. The van der Waals surface area contributed by atoms with Crippen LogP contribution in [0.25, 0.3) is 5.65 Å². The van der Waals surface area contributed by atoms with E-state index in [1.54, 1.807) is 27.0 Å². The van der Waals surface area contributed by atoms with E-state index in [9.17, 15) is 8.42 Å². The van der Waals surface area contributed by atoms with Crippen LogP contribution in [0.4, 0.5) is 5.82 Å². The lowest BCUT2D eigenvalue weighted by Crippen LogP contribution is -2.38. The molecular weight excluding hydrogens is 290 g/mol. The molecule has 1 saturated heterocycles. The number of nitrogens with one attached hydrogen (secondary N) is 1. The van der Waals surface area contributed by atoms with E-state index >= 15 is 0 Å². The number of pyridine rings is 1. The number of imidazole rings is 1. The molecule has 2 aromatic heterocycles. The first-order valence-corrected chi connectivity index (χ1v) is 8.51. The quantitative estimate of drug-likeness (QED) is 0.646. The van der Waals surface area contributed by atoms with Crippen LogP contribution >= 0.6 is 0 Å². The Bertz CT molecular complexity index is 800. The van der Waals surface area contributed by atoms with Gasteiger partial charge in [-0.1, -0.05) is 6.07 Å². The van der Waals surface area contributed by atoms with Crippen LogP contribution in [0.3, 0.4) is 0 Å². The van der Waals surface area contributed by atoms with Crippen molar-refractivity contribution in [2.75, 3.05) is 12.0 Å². The zero-order valence-corrected chi connectivity index (χ0v) is 12.3. The minimum Gasteiger partial charge on any atom is -0.306 e. The summed E-state index contributed by atoms with van der Waals surface area (Å²) in [6.07, 6.45) is 4.75. The third kappa shape index (κ3) is 1.79. The van der Waals surface area contributed by atoms with Crippen LogP contribution in [-0.2, 0) is 10.0 Å². The van der Waals surface area contributed by atoms with Gasteiger partial charge in [0.25, 0.3) is 10.0 Å². The highest BCUT2D eigenvalue weighted by Crippen LogP contribution is 2.41. The van der Waals surface area contributed by atoms with Crippen molar-refractivity contribution >= 4 is 21.5 Å². The maximum absolute atomic E-state index is 13.0. The van der Waals surface area contributed by atoms with Crippen LogP contribution in [0.5, 0.6) is 0 Å². The Morgan fingerprint density at radius 3 is 2.86 bits per heavy atom. The molecule has 2 aromatic rings. The number of sulfonamides is 1. The molecule has 0 radical (unpaired) electrons. The van der Waals surface area contributed by atoms with Gasteiger partial charge >= 0.3 is 0 Å². The summed E-state index contributed by atoms with van der Waals surface area (Å²) in [5.74, 6) is 6.17. The maximum Gasteiger partial charge on any atom is 0.263 e. The molecule has 2 unspecified atom stereocenters. The number of hydrogen-bond acceptors (Lipinski definition) is 5. The molecule has 1 aliphatic carbocycles. The van der Waals surface area contributed by atoms with Crippen molar-refractivity contribution in [1.29, 1.82) is 0 Å². The van der Waals surface area contributed by atoms with E-state index in [1.165, 1.54) is 0 Å². The zero-order valence-electron chi connectivity index (χ0n) is 11.4. The molecule has 4 rings (SSSR count). The van der Waals surface area contributed by atoms with Gasteiger partial charge in [0.05, 0.1) is 0 Å². The largest absolute Gasteiger partial charge is 0.306 e. The lowest BCUT2D eigenvalue weighted by atomic mass is 10.1. The van der Waals surface area contributed by atoms with E-state index < -0.39 is 10.0 Å². The molecule has 3 heterocycles. The molecular formula is C13H17N5O2S. The van der Waals surface area contributed by atoms with Crippen LogP contribution in [0, 0.1) is 5.92 Å². The normalized spacial score (nSPS) is 25.8. The van der Waals surface area contributed by atoms with Gasteiger partial charge in [-0.15, -0.1) is 0 Å². The summed E-state index contributed by atoms with van der Waals surface area (Å²) in [6.45, 7) is 0.608. The molecule has 0 spiro atoms. The van der Waals surface area contributed by atoms with Crippen molar-refractivity contribution in [3.05, 3.63) is 24.4 Å². The first-order chi connectivity index (χ1) is 10.1. The number of hydrogen-bond donors (Lipinski definition) is 2. The molecule has 2 fully saturated rings. The molecule has 21 heavy (non-hydrogen) atoms. The fraction of sp³-hybridized carbons (Fsp3) is 0.462. The maximum atomic E-state index is 13.0. The number of rotatable bonds is 3. The predicted octanol–water partition coefficient (Wildman–Crippen LogP) is 0.793. The topological polar surface area (TPSA) is 92.7 Å². The lowest BCUT2D eigenvalue weighted by Gasteiger charge is -2.26. The van der Waals surface area contributed by atoms with Gasteiger partial charge in [0.2, 0.25) is 5.03 Å². The molecule has 1 saturated carbocycles. The van der Waals surface area contributed by atoms with Crippen molar-refractivity contribution < 1.29 is 8.42 Å². The highest BCUT2D eigenvalue weighted by Gasteiger charge is 2.46. The van der Waals surface area contributed by atoms with E-state index in [4.69, 9.17) is 5.84 Å². The van der Waals surface area contributed by atoms with Crippen molar-refractivity contribution in [3.8, 4) is 0 Å². The van der Waals surface area contributed by atoms with Crippen molar-refractivity contribution in [3.63, 3.8) is 0 Å². The summed E-state index contributed by atoms with van der Waals surface area (Å²) in [6, 6.07) is 5.48. The van der Waals surface area contributed by atoms with Gasteiger partial charge in [-0.25, -0.2) is 19.2 Å². The van der Waals surface area contributed by atoms with Crippen molar-refractivity contribution in [2.45, 2.75) is 30.3 Å². The van der Waals surface area contributed by atoms with E-state index in [1.807, 2.05) is 6.07 Å². The first-order valence-electron chi connectivity index (χ1n) is 7.07. The highest BCUT2D eigenvalue weighted by molar-refractivity contribution is 7.89. The van der Waals surface area contributed by atoms with Gasteiger partial charge in [-0.05, 0) is 37.3 Å². The van der Waals surface area contributed by atoms with Crippen LogP contribution in [-0.4, -0.2) is 34.7 Å². The van der Waals surface area contributed by atoms with Crippen LogP contribution < -0.4 is 11.3 Å². The number of aromatic nitrogens is 2. The molecule has 112 valence electrons. The Balaban J connectivity index is 1.89. The number of hydrazine groups is 1. The minimum atomic E-state index is -3.60. The number of nitrogens with two attached hydrogens (primary N) is 1. The van der Waals surface area contributed by atoms with E-state index in [2.05, 4.69) is 10.4 Å². The van der Waals surface area contributed by atoms with Crippen molar-refractivity contribution in [1.82, 2.24) is 13.7 Å². The molecule has 1 aliphatic heterocycles. The van der Waals surface area contributed by atoms with Gasteiger partial charge < -0.3 is 5.43 Å². The van der Waals surface area contributed by atoms with Crippen LogP contribution in [0.15, 0.2) is 29.4 Å². The van der Waals surface area contributed by atoms with E-state index in [0.717, 1.165) is 19.3 Å². The second kappa shape index (κ2) is 4.43. The van der Waals surface area contributed by atoms with Crippen molar-refractivity contribution in [2.24, 2.45) is 11.8 Å². The molecule has 0 aromatic carbocycles. The predicted molar refractivity (Wildman–Crippen MR) is 78.0 cm³/mol. The molecule has 3 N–H and O–H groups in total. The van der Waals surface area contributed by atoms with Gasteiger partial charge in [0.1, 0.15) is 5.65 Å². The fourth-order valence-corrected chi connectivity index (χ4v) is 5.56. The molecule has 2 atom stereocenters. The molecule has 8 heteroatoms. The smallest absolute Gasteiger partial charge is 0.263 e. The van der Waals surface area contributed by atoms with Crippen LogP contribution in [0.1, 0.15) is 19.3 Å². The third-order valence-corrected chi connectivity index (χ3v) is 6.48. The monoisotopic (exact) mass is 307 g/mol. The zero-order chi connectivity index (χ0) is 14.6. The average Bonchev–Trinajstić information content (AvgIpc) is 3.19. The summed E-state index contributed by atoms with van der Waals surface area (Å²) in [4.78, 5) is 4.25. The molecule has 7 nitrogen and oxygen atoms in total. The average molecular weight is 307 g/mol. The second-order valence-electron chi connectivity index (χ2n) is 5.75. The first kappa shape index (κ1) is 13.1. The Hall–Kier alpha value is -1.64. The Morgan fingerprint density at radius 2 is 2.19 bits per heavy atom. The van der Waals surface area contributed by atoms with Gasteiger partial charge in [-0.3, -0.25) is 4.40 Å². The molecule has 2 aliphatic rings. The van der Waals surface area contributed by atoms with Gasteiger partial charge in [-0.2, -0.15) is 4.31 Å². The Morgan fingerprint density at radius 1 is 1.33 bits per heavy atom. The number of nitrogen functional groups attached to an aromatic ring is 1. The van der Waals surface area contributed by atoms with Gasteiger partial charge in [0.15, 0.2) is 5.82 Å². The highest BCUT2D eigenvalue weighted by atomic mass is 32.2. The lowest BCUT2D eigenvalue weighted by molar-refractivity contribution is 0.332. The summed E-state index contributed by atoms with van der Waals surface area (Å²) in [7, 11) is -3.60. The Labute approximate surface area is 122 Å². The standard InChI is InChI=1S/C13H17N5O2S/c14-16-12-13(17-6-2-1-3-11(17)15-12)21(19,20)18-8-9-4-5-10(18)7-9/h1-3,6,9-10,16H,4-5,7-8,14H2. The summed E-state index contributed by atoms with van der Waals surface area (Å²) < 4.78 is 29.3. The summed E-state index contributed by atoms with van der Waals surface area (Å²) >= 11 is 0. The number of anilines is 1. The molecule has 0 amide bonds. The third-order valence-electron chi connectivity index (χ3n) is 4.53. The fourth-order valence-electron chi connectivity index (χ4n) is 3.60. The number of nitrogens with zero attached hydrogens (tertiary/aromatic N) is 3. The Kier molecular flexibility index (Phi) is 2.75. The number of piperidine rings is 1. The number of fused-ring (bicyclic) bond motifs is 3. The second-order valence-corrected chi connectivity index (χ2v) is 7.55. The van der Waals surface area contributed by atoms with Crippen LogP contribution in [0.2, 0.25) is 0 Å². The summed E-state index contributed by atoms with van der Waals surface area (Å²) in [5, 5.41) is 0.133. The van der Waals surface area contributed by atoms with E-state index in [-0.39, 0.29) is 16.9 Å². The SMILES string of the molecule is NNc1nc2ccccn2c1S(=O)(=O)N1CC2CCC1C2. The minimum absolute atomic E-state index is 0.125. The van der Waals surface area contributed by atoms with Gasteiger partial charge in [0, 0.05) is 18.8 Å². The summed E-state index contributed by atoms with van der Waals surface area (Å²) in [5.41, 5.74) is 2.98.